The lowest BCUT2D eigenvalue weighted by molar-refractivity contribution is -0.146. The van der Waals surface area contributed by atoms with Crippen molar-refractivity contribution in [2.45, 2.75) is 32.1 Å². The van der Waals surface area contributed by atoms with Gasteiger partial charge in [0.2, 0.25) is 0 Å². The van der Waals surface area contributed by atoms with Crippen molar-refractivity contribution in [3.63, 3.8) is 0 Å². The van der Waals surface area contributed by atoms with Gasteiger partial charge in [-0.1, -0.05) is 11.8 Å². The van der Waals surface area contributed by atoms with Crippen LogP contribution >= 0.6 is 11.8 Å². The highest BCUT2D eigenvalue weighted by atomic mass is 32.2. The Labute approximate surface area is 206 Å². The Morgan fingerprint density at radius 3 is 1.56 bits per heavy atom. The minimum Gasteiger partial charge on any atom is -0.465 e. The third-order valence-corrected chi connectivity index (χ3v) is 5.84. The number of rotatable bonds is 20. The molecular weight excluding hydrogens is 468 g/mol. The van der Waals surface area contributed by atoms with E-state index in [2.05, 4.69) is 0 Å². The van der Waals surface area contributed by atoms with E-state index < -0.39 is 23.8 Å². The normalized spacial score (nSPS) is 11.3. The van der Waals surface area contributed by atoms with Gasteiger partial charge in [0, 0.05) is 43.5 Å². The number of ether oxygens (including phenoxy) is 2. The molecule has 0 fully saturated rings. The maximum Gasteiger partial charge on any atom is 0.305 e. The van der Waals surface area contributed by atoms with Gasteiger partial charge in [0.15, 0.2) is 0 Å². The molecule has 0 aromatic rings. The summed E-state index contributed by atoms with van der Waals surface area (Å²) in [6.07, 6.45) is 1.79. The average molecular weight is 511 g/mol. The van der Waals surface area contributed by atoms with E-state index in [9.17, 15) is 14.4 Å². The van der Waals surface area contributed by atoms with Crippen molar-refractivity contribution in [1.82, 2.24) is 9.80 Å². The Morgan fingerprint density at radius 2 is 1.18 bits per heavy atom. The summed E-state index contributed by atoms with van der Waals surface area (Å²) in [6.45, 7) is 0.274. The van der Waals surface area contributed by atoms with Crippen molar-refractivity contribution < 1.29 is 44.3 Å². The molecule has 0 aliphatic rings. The van der Waals surface area contributed by atoms with E-state index in [1.807, 2.05) is 19.0 Å². The molecule has 0 aromatic carbocycles. The molecule has 0 aromatic heterocycles. The second-order valence-corrected chi connectivity index (χ2v) is 9.34. The predicted molar refractivity (Wildman–Crippen MR) is 128 cm³/mol. The van der Waals surface area contributed by atoms with Gasteiger partial charge in [-0.3, -0.25) is 14.4 Å². The molecule has 34 heavy (non-hydrogen) atoms. The van der Waals surface area contributed by atoms with Crippen molar-refractivity contribution in [1.29, 1.82) is 0 Å². The summed E-state index contributed by atoms with van der Waals surface area (Å²) in [7, 11) is 3.92. The van der Waals surface area contributed by atoms with Crippen LogP contribution in [0.1, 0.15) is 32.1 Å². The number of hydrogen-bond donors (Lipinski definition) is 4. The zero-order valence-corrected chi connectivity index (χ0v) is 21.2. The standard InChI is InChI=1S/C22H42N2O9S/c1-23(2)8-5-11-34-22(31)24(9-3-6-20(29)32-16-18(12-25)13-26)10-4-7-21(30)33-17-19(14-27)15-28/h18-19,25-28H,3-17H2,1-2H3. The molecule has 0 heterocycles. The first-order valence-electron chi connectivity index (χ1n) is 11.6. The third-order valence-electron chi connectivity index (χ3n) is 4.84. The predicted octanol–water partition coefficient (Wildman–Crippen LogP) is -0.0583. The number of thioether (sulfide) groups is 1. The highest BCUT2D eigenvalue weighted by molar-refractivity contribution is 8.13. The van der Waals surface area contributed by atoms with Gasteiger partial charge >= 0.3 is 11.9 Å². The Bertz CT molecular complexity index is 524. The average Bonchev–Trinajstić information content (AvgIpc) is 2.81. The summed E-state index contributed by atoms with van der Waals surface area (Å²) in [5.41, 5.74) is 0. The molecule has 0 aliphatic heterocycles. The van der Waals surface area contributed by atoms with Gasteiger partial charge in [-0.05, 0) is 39.9 Å². The fourth-order valence-electron chi connectivity index (χ4n) is 2.65. The number of hydrogen-bond acceptors (Lipinski definition) is 11. The Morgan fingerprint density at radius 1 is 0.735 bits per heavy atom. The summed E-state index contributed by atoms with van der Waals surface area (Å²) in [5, 5.41) is 36.0. The molecule has 1 amide bonds. The second-order valence-electron chi connectivity index (χ2n) is 8.29. The molecule has 0 spiro atoms. The fraction of sp³-hybridized carbons (Fsp3) is 0.864. The van der Waals surface area contributed by atoms with Crippen molar-refractivity contribution in [3.05, 3.63) is 0 Å². The van der Waals surface area contributed by atoms with Crippen LogP contribution < -0.4 is 0 Å². The van der Waals surface area contributed by atoms with E-state index >= 15 is 0 Å². The Hall–Kier alpha value is -1.44. The largest absolute Gasteiger partial charge is 0.465 e. The van der Waals surface area contributed by atoms with E-state index in [1.165, 1.54) is 11.8 Å². The van der Waals surface area contributed by atoms with Crippen LogP contribution in [-0.2, 0) is 19.1 Å². The number of amides is 1. The zero-order valence-electron chi connectivity index (χ0n) is 20.4. The number of carbonyl (C=O) groups excluding carboxylic acids is 3. The maximum absolute atomic E-state index is 12.7. The Kier molecular flexibility index (Phi) is 20.0. The lowest BCUT2D eigenvalue weighted by atomic mass is 10.2. The summed E-state index contributed by atoms with van der Waals surface area (Å²) in [5.74, 6) is -1.30. The summed E-state index contributed by atoms with van der Waals surface area (Å²) < 4.78 is 10.1. The van der Waals surface area contributed by atoms with E-state index in [0.29, 0.717) is 31.7 Å². The van der Waals surface area contributed by atoms with Crippen LogP contribution in [0.3, 0.4) is 0 Å². The Balaban J connectivity index is 4.54. The van der Waals surface area contributed by atoms with Gasteiger partial charge in [-0.15, -0.1) is 0 Å². The maximum atomic E-state index is 12.7. The van der Waals surface area contributed by atoms with Gasteiger partial charge in [-0.25, -0.2) is 0 Å². The quantitative estimate of drug-likeness (QED) is 0.128. The van der Waals surface area contributed by atoms with Crippen LogP contribution in [0.4, 0.5) is 4.79 Å². The van der Waals surface area contributed by atoms with Crippen LogP contribution in [0.2, 0.25) is 0 Å². The van der Waals surface area contributed by atoms with Crippen molar-refractivity contribution in [2.75, 3.05) is 79.1 Å². The summed E-state index contributed by atoms with van der Waals surface area (Å²) in [6, 6.07) is 0. The number of carbonyl (C=O) groups is 3. The van der Waals surface area contributed by atoms with Crippen LogP contribution in [0.15, 0.2) is 0 Å². The van der Waals surface area contributed by atoms with Crippen molar-refractivity contribution in [2.24, 2.45) is 11.8 Å². The lowest BCUT2D eigenvalue weighted by Gasteiger charge is -2.22. The van der Waals surface area contributed by atoms with Crippen LogP contribution in [0, 0.1) is 11.8 Å². The van der Waals surface area contributed by atoms with Crippen LogP contribution in [-0.4, -0.2) is 127 Å². The highest BCUT2D eigenvalue weighted by Crippen LogP contribution is 2.13. The summed E-state index contributed by atoms with van der Waals surface area (Å²) in [4.78, 5) is 40.1. The molecule has 0 unspecified atom stereocenters. The molecule has 4 N–H and O–H groups in total. The smallest absolute Gasteiger partial charge is 0.305 e. The minimum absolute atomic E-state index is 0.0638. The molecule has 0 aliphatic carbocycles. The van der Waals surface area contributed by atoms with E-state index in [0.717, 1.165) is 13.0 Å². The first-order valence-corrected chi connectivity index (χ1v) is 12.6. The first kappa shape index (κ1) is 32.6. The van der Waals surface area contributed by atoms with Crippen LogP contribution in [0.5, 0.6) is 0 Å². The number of esters is 2. The number of aliphatic hydroxyl groups is 4. The molecule has 0 rings (SSSR count). The van der Waals surface area contributed by atoms with Crippen molar-refractivity contribution in [3.8, 4) is 0 Å². The zero-order chi connectivity index (χ0) is 25.8. The number of aliphatic hydroxyl groups excluding tert-OH is 4. The van der Waals surface area contributed by atoms with Gasteiger partial charge < -0.3 is 39.7 Å². The van der Waals surface area contributed by atoms with Gasteiger partial charge in [-0.2, -0.15) is 0 Å². The molecular formula is C22H42N2O9S. The third kappa shape index (κ3) is 17.1. The first-order chi connectivity index (χ1) is 16.3. The molecule has 0 saturated heterocycles. The van der Waals surface area contributed by atoms with Gasteiger partial charge in [0.05, 0.1) is 39.6 Å². The minimum atomic E-state index is -0.509. The van der Waals surface area contributed by atoms with E-state index in [4.69, 9.17) is 29.9 Å². The van der Waals surface area contributed by atoms with Gasteiger partial charge in [0.1, 0.15) is 0 Å². The van der Waals surface area contributed by atoms with Crippen molar-refractivity contribution >= 4 is 28.9 Å². The number of nitrogens with zero attached hydrogens (tertiary/aromatic N) is 2. The second kappa shape index (κ2) is 20.9. The molecule has 200 valence electrons. The molecule has 11 nitrogen and oxygen atoms in total. The fourth-order valence-corrected chi connectivity index (χ4v) is 3.46. The molecule has 0 saturated carbocycles. The molecule has 0 atom stereocenters. The SMILES string of the molecule is CN(C)CCCSC(=O)N(CCCC(=O)OCC(CO)CO)CCCC(=O)OCC(CO)CO. The van der Waals surface area contributed by atoms with Gasteiger partial charge in [0.25, 0.3) is 5.24 Å². The monoisotopic (exact) mass is 510 g/mol. The highest BCUT2D eigenvalue weighted by Gasteiger charge is 2.17. The molecule has 12 heteroatoms. The van der Waals surface area contributed by atoms with Crippen LogP contribution in [0.25, 0.3) is 0 Å². The van der Waals surface area contributed by atoms with E-state index in [1.54, 1.807) is 4.90 Å². The molecule has 0 radical (unpaired) electrons. The molecule has 0 bridgehead atoms. The van der Waals surface area contributed by atoms with E-state index in [-0.39, 0.29) is 57.7 Å². The topological polar surface area (TPSA) is 157 Å². The lowest BCUT2D eigenvalue weighted by Crippen LogP contribution is -2.31. The summed E-state index contributed by atoms with van der Waals surface area (Å²) >= 11 is 1.20.